The largest absolute Gasteiger partial charge is 0.478 e. The lowest BCUT2D eigenvalue weighted by Crippen LogP contribution is -2.49. The number of aromatic carboxylic acids is 1. The maximum absolute atomic E-state index is 11.9. The van der Waals surface area contributed by atoms with Crippen molar-refractivity contribution in [2.45, 2.75) is 10.8 Å². The van der Waals surface area contributed by atoms with Crippen molar-refractivity contribution < 1.29 is 39.1 Å². The van der Waals surface area contributed by atoms with Crippen LogP contribution >= 0.6 is 23.2 Å². The zero-order valence-corrected chi connectivity index (χ0v) is 29.0. The number of aromatic nitrogens is 2. The summed E-state index contributed by atoms with van der Waals surface area (Å²) in [7, 11) is 1.36. The number of H-pyrrole nitrogens is 2. The molecule has 0 saturated carbocycles. The Morgan fingerprint density at radius 2 is 1.12 bits per heavy atom. The fraction of sp³-hybridized carbons (Fsp3) is 0.231. The minimum absolute atomic E-state index is 0.0460. The molecule has 0 spiro atoms. The van der Waals surface area contributed by atoms with Crippen LogP contribution in [0.2, 0.25) is 10.0 Å². The van der Waals surface area contributed by atoms with Gasteiger partial charge in [-0.2, -0.15) is 0 Å². The van der Waals surface area contributed by atoms with E-state index in [4.69, 9.17) is 37.4 Å². The number of aliphatic hydroxyl groups excluding tert-OH is 2. The summed E-state index contributed by atoms with van der Waals surface area (Å²) in [6.07, 6.45) is 3.10. The first-order valence-corrected chi connectivity index (χ1v) is 16.9. The molecule has 2 aliphatic rings. The molecular weight excluding hydrogens is 695 g/mol. The lowest BCUT2D eigenvalue weighted by atomic mass is 9.79. The molecule has 6 aromatic rings. The number of hydrogen-bond donors (Lipinski definition) is 5. The van der Waals surface area contributed by atoms with Crippen molar-refractivity contribution in [2.75, 3.05) is 46.8 Å². The minimum Gasteiger partial charge on any atom is -0.478 e. The van der Waals surface area contributed by atoms with E-state index in [1.54, 1.807) is 18.3 Å². The number of nitrogens with one attached hydrogen (secondary N) is 2. The fourth-order valence-electron chi connectivity index (χ4n) is 6.59. The van der Waals surface area contributed by atoms with Gasteiger partial charge >= 0.3 is 11.9 Å². The summed E-state index contributed by atoms with van der Waals surface area (Å²) in [5.41, 5.74) is 7.04. The highest BCUT2D eigenvalue weighted by Crippen LogP contribution is 2.38. The lowest BCUT2D eigenvalue weighted by Gasteiger charge is -2.40. The summed E-state index contributed by atoms with van der Waals surface area (Å²) in [4.78, 5) is 29.3. The topological polar surface area (TPSA) is 154 Å². The number of benzene rings is 4. The van der Waals surface area contributed by atoms with Crippen molar-refractivity contribution in [1.82, 2.24) is 9.97 Å². The van der Waals surface area contributed by atoms with E-state index >= 15 is 0 Å². The third-order valence-electron chi connectivity index (χ3n) is 9.91. The number of ether oxygens (including phenoxy) is 3. The molecular formula is C39H34Cl2N2O8. The highest BCUT2D eigenvalue weighted by molar-refractivity contribution is 6.35. The molecule has 0 unspecified atom stereocenters. The van der Waals surface area contributed by atoms with Crippen molar-refractivity contribution >= 4 is 56.9 Å². The van der Waals surface area contributed by atoms with Crippen LogP contribution in [0, 0.1) is 0 Å². The number of hydrogen-bond acceptors (Lipinski definition) is 7. The van der Waals surface area contributed by atoms with E-state index in [0.29, 0.717) is 52.9 Å². The van der Waals surface area contributed by atoms with Crippen molar-refractivity contribution in [1.29, 1.82) is 0 Å². The Morgan fingerprint density at radius 3 is 1.47 bits per heavy atom. The molecule has 2 saturated heterocycles. The van der Waals surface area contributed by atoms with Gasteiger partial charge in [0.2, 0.25) is 0 Å². The second-order valence-corrected chi connectivity index (χ2v) is 13.8. The smallest absolute Gasteiger partial charge is 0.340 e. The molecule has 0 aliphatic carbocycles. The van der Waals surface area contributed by atoms with Crippen LogP contribution in [0.5, 0.6) is 0 Å². The standard InChI is InChI=1S/C20H18ClNO4.C19H16ClNO4/c1-25-19(24)16-8-22-18-7-17(21)14(6-15(16)18)12-2-4-13(5-3-12)20(9-23)10-26-11-20;20-16-6-17-14(15(7-21-17)18(23)24)5-13(16)11-1-3-12(4-2-11)19(8-22)9-25-10-19/h2-8,22-23H,9-11H2,1H3;1-7,21-22H,8-10H2,(H,23,24). The molecule has 2 aromatic heterocycles. The normalized spacial score (nSPS) is 15.8. The lowest BCUT2D eigenvalue weighted by molar-refractivity contribution is -0.0842. The molecule has 0 amide bonds. The van der Waals surface area contributed by atoms with Crippen LogP contribution in [0.1, 0.15) is 31.8 Å². The first-order chi connectivity index (χ1) is 24.6. The summed E-state index contributed by atoms with van der Waals surface area (Å²) in [6.45, 7) is 2.19. The molecule has 0 atom stereocenters. The Morgan fingerprint density at radius 1 is 0.706 bits per heavy atom. The van der Waals surface area contributed by atoms with Gasteiger partial charge in [0.25, 0.3) is 0 Å². The van der Waals surface area contributed by atoms with Gasteiger partial charge in [0.15, 0.2) is 0 Å². The van der Waals surface area contributed by atoms with Crippen LogP contribution in [0.15, 0.2) is 85.2 Å². The van der Waals surface area contributed by atoms with E-state index in [-0.39, 0.29) is 29.6 Å². The Hall–Kier alpha value is -4.68. The maximum Gasteiger partial charge on any atom is 0.340 e. The van der Waals surface area contributed by atoms with E-state index in [0.717, 1.165) is 44.3 Å². The number of methoxy groups -OCH3 is 1. The number of rotatable bonds is 8. The zero-order valence-electron chi connectivity index (χ0n) is 27.5. The average Bonchev–Trinajstić information content (AvgIpc) is 3.71. The van der Waals surface area contributed by atoms with Crippen LogP contribution in [0.3, 0.4) is 0 Å². The predicted octanol–water partition coefficient (Wildman–Crippen LogP) is 6.98. The first-order valence-electron chi connectivity index (χ1n) is 16.1. The summed E-state index contributed by atoms with van der Waals surface area (Å²) in [5, 5.41) is 31.1. The van der Waals surface area contributed by atoms with Gasteiger partial charge in [0.1, 0.15) is 0 Å². The number of carboxylic acids is 1. The van der Waals surface area contributed by atoms with E-state index in [2.05, 4.69) is 9.97 Å². The second kappa shape index (κ2) is 13.8. The zero-order chi connectivity index (χ0) is 35.9. The molecule has 2 aliphatic heterocycles. The van der Waals surface area contributed by atoms with Gasteiger partial charge in [0, 0.05) is 45.3 Å². The predicted molar refractivity (Wildman–Crippen MR) is 195 cm³/mol. The Balaban J connectivity index is 0.000000159. The van der Waals surface area contributed by atoms with E-state index in [1.807, 2.05) is 60.7 Å². The third kappa shape index (κ3) is 6.18. The number of aliphatic hydroxyl groups is 2. The van der Waals surface area contributed by atoms with Gasteiger partial charge in [-0.05, 0) is 46.5 Å². The summed E-state index contributed by atoms with van der Waals surface area (Å²) in [6, 6.07) is 23.0. The summed E-state index contributed by atoms with van der Waals surface area (Å²) in [5.74, 6) is -1.38. The SMILES string of the molecule is COC(=O)c1c[nH]c2cc(Cl)c(-c3ccc(C4(CO)COC4)cc3)cc12.O=C(O)c1c[nH]c2cc(Cl)c(-c3ccc(C4(CO)COC4)cc3)cc12. The van der Waals surface area contributed by atoms with Crippen LogP contribution in [0.25, 0.3) is 44.1 Å². The molecule has 8 rings (SSSR count). The van der Waals surface area contributed by atoms with Gasteiger partial charge in [-0.1, -0.05) is 71.7 Å². The first kappa shape index (κ1) is 34.8. The quantitative estimate of drug-likeness (QED) is 0.105. The number of carbonyl (C=O) groups excluding carboxylic acids is 1. The van der Waals surface area contributed by atoms with E-state index < -0.39 is 11.9 Å². The van der Waals surface area contributed by atoms with Crippen molar-refractivity contribution in [3.8, 4) is 22.3 Å². The van der Waals surface area contributed by atoms with Gasteiger partial charge < -0.3 is 39.5 Å². The van der Waals surface area contributed by atoms with Crippen LogP contribution in [0.4, 0.5) is 0 Å². The molecule has 4 heterocycles. The average molecular weight is 730 g/mol. The Labute approximate surface area is 302 Å². The number of carbonyl (C=O) groups is 2. The van der Waals surface area contributed by atoms with Crippen LogP contribution in [-0.4, -0.2) is 84.0 Å². The maximum atomic E-state index is 11.9. The second-order valence-electron chi connectivity index (χ2n) is 13.0. The van der Waals surface area contributed by atoms with E-state index in [9.17, 15) is 24.9 Å². The number of carboxylic acid groups (broad SMARTS) is 1. The highest BCUT2D eigenvalue weighted by atomic mass is 35.5. The summed E-state index contributed by atoms with van der Waals surface area (Å²) < 4.78 is 15.4. The fourth-order valence-corrected chi connectivity index (χ4v) is 7.13. The van der Waals surface area contributed by atoms with Gasteiger partial charge in [-0.3, -0.25) is 0 Å². The Bertz CT molecular complexity index is 2240. The third-order valence-corrected chi connectivity index (χ3v) is 10.5. The minimum atomic E-state index is -0.982. The molecule has 0 radical (unpaired) electrons. The molecule has 5 N–H and O–H groups in total. The molecule has 51 heavy (non-hydrogen) atoms. The van der Waals surface area contributed by atoms with Crippen molar-refractivity contribution in [3.63, 3.8) is 0 Å². The van der Waals surface area contributed by atoms with Crippen molar-refractivity contribution in [3.05, 3.63) is 117 Å². The molecule has 2 fully saturated rings. The molecule has 262 valence electrons. The van der Waals surface area contributed by atoms with Gasteiger partial charge in [-0.25, -0.2) is 9.59 Å². The van der Waals surface area contributed by atoms with Crippen molar-refractivity contribution in [2.24, 2.45) is 0 Å². The number of aromatic amines is 2. The number of esters is 1. The summed E-state index contributed by atoms with van der Waals surface area (Å²) >= 11 is 12.9. The highest BCUT2D eigenvalue weighted by Gasteiger charge is 2.40. The number of halogens is 2. The molecule has 10 nitrogen and oxygen atoms in total. The molecule has 12 heteroatoms. The van der Waals surface area contributed by atoms with E-state index in [1.165, 1.54) is 13.3 Å². The molecule has 4 aromatic carbocycles. The van der Waals surface area contributed by atoms with Crippen LogP contribution < -0.4 is 0 Å². The Kier molecular flexibility index (Phi) is 9.40. The van der Waals surface area contributed by atoms with Crippen LogP contribution in [-0.2, 0) is 25.0 Å². The monoisotopic (exact) mass is 728 g/mol. The van der Waals surface area contributed by atoms with Gasteiger partial charge in [-0.15, -0.1) is 0 Å². The molecule has 0 bridgehead atoms. The number of fused-ring (bicyclic) bond motifs is 2. The van der Waals surface area contributed by atoms with Gasteiger partial charge in [0.05, 0.1) is 78.8 Å².